The first-order valence-electron chi connectivity index (χ1n) is 6.23. The number of carbonyl (C=O) groups excluding carboxylic acids is 1. The summed E-state index contributed by atoms with van der Waals surface area (Å²) in [4.78, 5) is 13.8. The first-order valence-corrected chi connectivity index (χ1v) is 6.23. The Morgan fingerprint density at radius 2 is 1.95 bits per heavy atom. The van der Waals surface area contributed by atoms with E-state index in [0.717, 1.165) is 23.6 Å². The van der Waals surface area contributed by atoms with E-state index >= 15 is 0 Å². The van der Waals surface area contributed by atoms with Gasteiger partial charge in [0, 0.05) is 18.8 Å². The second-order valence-electron chi connectivity index (χ2n) is 4.82. The Bertz CT molecular complexity index is 475. The third-order valence-electron chi connectivity index (χ3n) is 3.35. The lowest BCUT2D eigenvalue weighted by Gasteiger charge is -2.21. The summed E-state index contributed by atoms with van der Waals surface area (Å²) in [5.41, 5.74) is -0.613. The molecular formula is C12H16F3N3O. The van der Waals surface area contributed by atoms with Crippen molar-refractivity contribution in [1.29, 1.82) is 0 Å². The van der Waals surface area contributed by atoms with Crippen LogP contribution in [-0.4, -0.2) is 33.7 Å². The molecule has 1 aromatic heterocycles. The molecule has 106 valence electrons. The number of aryl methyl sites for hydroxylation is 1. The lowest BCUT2D eigenvalue weighted by molar-refractivity contribution is -0.142. The van der Waals surface area contributed by atoms with Gasteiger partial charge in [-0.25, -0.2) is 0 Å². The van der Waals surface area contributed by atoms with Crippen molar-refractivity contribution in [2.75, 3.05) is 13.1 Å². The highest BCUT2D eigenvalue weighted by molar-refractivity contribution is 5.80. The van der Waals surface area contributed by atoms with Gasteiger partial charge in [-0.05, 0) is 32.8 Å². The van der Waals surface area contributed by atoms with Gasteiger partial charge in [0.1, 0.15) is 6.04 Å². The fourth-order valence-corrected chi connectivity index (χ4v) is 2.32. The van der Waals surface area contributed by atoms with Gasteiger partial charge >= 0.3 is 6.18 Å². The maximum absolute atomic E-state index is 12.6. The van der Waals surface area contributed by atoms with Crippen molar-refractivity contribution in [2.45, 2.75) is 38.9 Å². The molecular weight excluding hydrogens is 259 g/mol. The number of amides is 1. The van der Waals surface area contributed by atoms with Gasteiger partial charge in [-0.1, -0.05) is 0 Å². The molecule has 4 nitrogen and oxygen atoms in total. The summed E-state index contributed by atoms with van der Waals surface area (Å²) in [7, 11) is 0. The number of aromatic nitrogens is 2. The van der Waals surface area contributed by atoms with Crippen molar-refractivity contribution in [2.24, 2.45) is 0 Å². The second kappa shape index (κ2) is 4.86. The number of likely N-dealkylation sites (tertiary alicyclic amines) is 1. The van der Waals surface area contributed by atoms with Gasteiger partial charge in [-0.3, -0.25) is 9.48 Å². The summed E-state index contributed by atoms with van der Waals surface area (Å²) in [6.07, 6.45) is -2.58. The quantitative estimate of drug-likeness (QED) is 0.831. The van der Waals surface area contributed by atoms with Crippen molar-refractivity contribution in [3.63, 3.8) is 0 Å². The van der Waals surface area contributed by atoms with Crippen LogP contribution in [0, 0.1) is 6.92 Å². The van der Waals surface area contributed by atoms with E-state index in [2.05, 4.69) is 5.10 Å². The zero-order valence-corrected chi connectivity index (χ0v) is 10.9. The molecule has 1 fully saturated rings. The van der Waals surface area contributed by atoms with Crippen molar-refractivity contribution in [3.05, 3.63) is 17.5 Å². The number of nitrogens with zero attached hydrogens (tertiary/aromatic N) is 3. The van der Waals surface area contributed by atoms with Crippen molar-refractivity contribution < 1.29 is 18.0 Å². The molecule has 19 heavy (non-hydrogen) atoms. The third-order valence-corrected chi connectivity index (χ3v) is 3.35. The van der Waals surface area contributed by atoms with Crippen LogP contribution in [0.4, 0.5) is 13.2 Å². The van der Waals surface area contributed by atoms with Gasteiger partial charge in [0.05, 0.1) is 0 Å². The molecule has 1 unspecified atom stereocenters. The number of alkyl halides is 3. The zero-order valence-electron chi connectivity index (χ0n) is 10.9. The molecule has 1 aliphatic heterocycles. The summed E-state index contributed by atoms with van der Waals surface area (Å²) < 4.78 is 38.9. The standard InChI is InChI=1S/C12H16F3N3O/c1-8-7-10(12(13,14)15)16-18(8)9(2)11(19)17-5-3-4-6-17/h7,9H,3-6H2,1-2H3. The summed E-state index contributed by atoms with van der Waals surface area (Å²) in [6.45, 7) is 4.46. The summed E-state index contributed by atoms with van der Waals surface area (Å²) in [5, 5.41) is 3.52. The lowest BCUT2D eigenvalue weighted by Crippen LogP contribution is -2.34. The smallest absolute Gasteiger partial charge is 0.341 e. The molecule has 7 heteroatoms. The molecule has 0 spiro atoms. The van der Waals surface area contributed by atoms with Gasteiger partial charge in [-0.2, -0.15) is 18.3 Å². The number of halogens is 3. The van der Waals surface area contributed by atoms with Crippen LogP contribution in [0.1, 0.15) is 37.2 Å². The highest BCUT2D eigenvalue weighted by Gasteiger charge is 2.36. The molecule has 1 atom stereocenters. The largest absolute Gasteiger partial charge is 0.435 e. The second-order valence-corrected chi connectivity index (χ2v) is 4.82. The minimum atomic E-state index is -4.48. The first-order chi connectivity index (χ1) is 8.80. The van der Waals surface area contributed by atoms with E-state index < -0.39 is 17.9 Å². The summed E-state index contributed by atoms with van der Waals surface area (Å²) in [5.74, 6) is -0.169. The van der Waals surface area contributed by atoms with Gasteiger partial charge in [0.25, 0.3) is 0 Å². The van der Waals surface area contributed by atoms with E-state index in [1.165, 1.54) is 6.92 Å². The van der Waals surface area contributed by atoms with Crippen LogP contribution in [0.2, 0.25) is 0 Å². The van der Waals surface area contributed by atoms with E-state index in [0.29, 0.717) is 18.8 Å². The molecule has 1 aliphatic rings. The van der Waals surface area contributed by atoms with Crippen LogP contribution in [-0.2, 0) is 11.0 Å². The maximum Gasteiger partial charge on any atom is 0.435 e. The van der Waals surface area contributed by atoms with Crippen LogP contribution >= 0.6 is 0 Å². The Balaban J connectivity index is 2.21. The van der Waals surface area contributed by atoms with Crippen LogP contribution < -0.4 is 0 Å². The molecule has 0 N–H and O–H groups in total. The van der Waals surface area contributed by atoms with E-state index in [1.54, 1.807) is 11.8 Å². The predicted molar refractivity (Wildman–Crippen MR) is 62.5 cm³/mol. The average Bonchev–Trinajstić information content (AvgIpc) is 2.94. The summed E-state index contributed by atoms with van der Waals surface area (Å²) in [6, 6.07) is 0.266. The Morgan fingerprint density at radius 3 is 2.42 bits per heavy atom. The average molecular weight is 275 g/mol. The molecule has 1 saturated heterocycles. The fraction of sp³-hybridized carbons (Fsp3) is 0.667. The van der Waals surface area contributed by atoms with Gasteiger partial charge in [0.15, 0.2) is 5.69 Å². The highest BCUT2D eigenvalue weighted by Crippen LogP contribution is 2.29. The minimum absolute atomic E-state index is 0.169. The van der Waals surface area contributed by atoms with Crippen molar-refractivity contribution in [1.82, 2.24) is 14.7 Å². The molecule has 1 amide bonds. The number of rotatable bonds is 2. The predicted octanol–water partition coefficient (Wildman–Crippen LogP) is 2.39. The molecule has 0 saturated carbocycles. The Kier molecular flexibility index (Phi) is 3.56. The van der Waals surface area contributed by atoms with E-state index in [-0.39, 0.29) is 5.91 Å². The van der Waals surface area contributed by atoms with Crippen LogP contribution in [0.25, 0.3) is 0 Å². The molecule has 2 rings (SSSR count). The topological polar surface area (TPSA) is 38.1 Å². The highest BCUT2D eigenvalue weighted by atomic mass is 19.4. The van der Waals surface area contributed by atoms with Gasteiger partial charge in [-0.15, -0.1) is 0 Å². The number of carbonyl (C=O) groups is 1. The number of hydrogen-bond donors (Lipinski definition) is 0. The van der Waals surface area contributed by atoms with Gasteiger partial charge in [0.2, 0.25) is 5.91 Å². The Labute approximate surface area is 109 Å². The fourth-order valence-electron chi connectivity index (χ4n) is 2.32. The molecule has 0 aromatic carbocycles. The number of hydrogen-bond acceptors (Lipinski definition) is 2. The molecule has 0 aliphatic carbocycles. The van der Waals surface area contributed by atoms with Crippen LogP contribution in [0.3, 0.4) is 0 Å². The first kappa shape index (κ1) is 13.9. The van der Waals surface area contributed by atoms with Crippen molar-refractivity contribution >= 4 is 5.91 Å². The third kappa shape index (κ3) is 2.74. The zero-order chi connectivity index (χ0) is 14.2. The van der Waals surface area contributed by atoms with E-state index in [1.807, 2.05) is 0 Å². The monoisotopic (exact) mass is 275 g/mol. The SMILES string of the molecule is Cc1cc(C(F)(F)F)nn1C(C)C(=O)N1CCCC1. The normalized spacial score (nSPS) is 17.8. The Morgan fingerprint density at radius 1 is 1.37 bits per heavy atom. The maximum atomic E-state index is 12.6. The summed E-state index contributed by atoms with van der Waals surface area (Å²) >= 11 is 0. The lowest BCUT2D eigenvalue weighted by atomic mass is 10.3. The molecule has 1 aromatic rings. The van der Waals surface area contributed by atoms with E-state index in [4.69, 9.17) is 0 Å². The van der Waals surface area contributed by atoms with Crippen LogP contribution in [0.15, 0.2) is 6.07 Å². The molecule has 0 radical (unpaired) electrons. The van der Waals surface area contributed by atoms with Crippen molar-refractivity contribution in [3.8, 4) is 0 Å². The van der Waals surface area contributed by atoms with Gasteiger partial charge < -0.3 is 4.90 Å². The van der Waals surface area contributed by atoms with E-state index in [9.17, 15) is 18.0 Å². The Hall–Kier alpha value is -1.53. The molecule has 2 heterocycles. The van der Waals surface area contributed by atoms with Crippen LogP contribution in [0.5, 0.6) is 0 Å². The molecule has 0 bridgehead atoms. The minimum Gasteiger partial charge on any atom is -0.341 e.